The molecule has 180 valence electrons. The van der Waals surface area contributed by atoms with E-state index in [0.29, 0.717) is 0 Å². The summed E-state index contributed by atoms with van der Waals surface area (Å²) in [5.74, 6) is -0.251. The van der Waals surface area contributed by atoms with E-state index in [4.69, 9.17) is 18.9 Å². The van der Waals surface area contributed by atoms with Gasteiger partial charge in [0.2, 0.25) is 6.29 Å². The monoisotopic (exact) mass is 463 g/mol. The zero-order chi connectivity index (χ0) is 23.6. The number of nitrogens with zero attached hydrogens (tertiary/aromatic N) is 1. The van der Waals surface area contributed by atoms with Crippen molar-refractivity contribution in [3.63, 3.8) is 0 Å². The molecule has 14 heteroatoms. The van der Waals surface area contributed by atoms with Gasteiger partial charge >= 0.3 is 5.69 Å². The van der Waals surface area contributed by atoms with Crippen molar-refractivity contribution in [2.75, 3.05) is 13.2 Å². The molecule has 2 aliphatic heterocycles. The molecular formula is C18H25NO13. The zero-order valence-electron chi connectivity index (χ0n) is 16.5. The van der Waals surface area contributed by atoms with Crippen molar-refractivity contribution in [3.05, 3.63) is 34.4 Å². The Balaban J connectivity index is 1.75. The number of nitro groups is 1. The van der Waals surface area contributed by atoms with Crippen molar-refractivity contribution < 1.29 is 59.6 Å². The molecule has 14 nitrogen and oxygen atoms in total. The van der Waals surface area contributed by atoms with Crippen LogP contribution in [0.2, 0.25) is 0 Å². The third-order valence-corrected chi connectivity index (χ3v) is 5.27. The number of rotatable bonds is 7. The van der Waals surface area contributed by atoms with Gasteiger partial charge in [-0.05, 0) is 6.07 Å². The molecule has 8 unspecified atom stereocenters. The fraction of sp³-hybridized carbons (Fsp3) is 0.667. The molecule has 0 bridgehead atoms. The average molecular weight is 463 g/mol. The second-order valence-corrected chi connectivity index (χ2v) is 7.35. The van der Waals surface area contributed by atoms with Crippen LogP contribution in [0.25, 0.3) is 0 Å². The highest BCUT2D eigenvalue weighted by atomic mass is 16.7. The first-order chi connectivity index (χ1) is 15.2. The fourth-order valence-corrected chi connectivity index (χ4v) is 3.49. The van der Waals surface area contributed by atoms with Gasteiger partial charge in [-0.15, -0.1) is 0 Å². The molecule has 32 heavy (non-hydrogen) atoms. The smallest absolute Gasteiger partial charge is 0.311 e. The molecule has 3 rings (SSSR count). The van der Waals surface area contributed by atoms with Gasteiger partial charge in [0.05, 0.1) is 18.1 Å². The standard InChI is InChI=1S/C18H25NO13/c20-5-9-11(22)12(23)14(25)18(30-9)32-16-10(6-21)31-17(15(26)13(16)24)29-8-4-2-1-3-7(8)19(27)28/h1-4,9-18,20-26H,5-6H2/t9?,10?,11?,12?,13?,14?,15?,16-,17?,18+/m1/s1. The van der Waals surface area contributed by atoms with Crippen LogP contribution in [-0.4, -0.2) is 115 Å². The summed E-state index contributed by atoms with van der Waals surface area (Å²) in [5.41, 5.74) is -0.418. The van der Waals surface area contributed by atoms with E-state index in [9.17, 15) is 45.9 Å². The van der Waals surface area contributed by atoms with Gasteiger partial charge in [0.25, 0.3) is 0 Å². The minimum Gasteiger partial charge on any atom is -0.455 e. The number of aliphatic hydroxyl groups is 7. The number of aliphatic hydroxyl groups excluding tert-OH is 7. The van der Waals surface area contributed by atoms with Gasteiger partial charge in [-0.1, -0.05) is 12.1 Å². The van der Waals surface area contributed by atoms with E-state index < -0.39 is 85.2 Å². The molecule has 0 aliphatic carbocycles. The van der Waals surface area contributed by atoms with Gasteiger partial charge in [-0.3, -0.25) is 10.1 Å². The predicted molar refractivity (Wildman–Crippen MR) is 100 cm³/mol. The van der Waals surface area contributed by atoms with Crippen LogP contribution < -0.4 is 4.74 Å². The third kappa shape index (κ3) is 4.84. The molecule has 0 radical (unpaired) electrons. The van der Waals surface area contributed by atoms with E-state index in [1.54, 1.807) is 0 Å². The lowest BCUT2D eigenvalue weighted by molar-refractivity contribution is -0.387. The lowest BCUT2D eigenvalue weighted by Crippen LogP contribution is -2.65. The van der Waals surface area contributed by atoms with E-state index in [0.717, 1.165) is 6.07 Å². The van der Waals surface area contributed by atoms with Gasteiger partial charge in [-0.2, -0.15) is 0 Å². The van der Waals surface area contributed by atoms with Crippen molar-refractivity contribution in [2.45, 2.75) is 61.4 Å². The average Bonchev–Trinajstić information content (AvgIpc) is 2.78. The van der Waals surface area contributed by atoms with Crippen LogP contribution in [0.3, 0.4) is 0 Å². The van der Waals surface area contributed by atoms with Crippen LogP contribution in [0.15, 0.2) is 24.3 Å². The molecule has 0 spiro atoms. The summed E-state index contributed by atoms with van der Waals surface area (Å²) in [6, 6.07) is 5.27. The molecule has 7 N–H and O–H groups in total. The SMILES string of the molecule is O=[N+]([O-])c1ccccc1OC1OC(CO)[C@@H](O[C@@H]2OC(CO)C(O)C(O)C2O)C(O)C1O. The molecule has 2 heterocycles. The zero-order valence-corrected chi connectivity index (χ0v) is 16.5. The molecule has 0 saturated carbocycles. The van der Waals surface area contributed by atoms with E-state index in [2.05, 4.69) is 0 Å². The Labute approximate surface area is 180 Å². The Morgan fingerprint density at radius 1 is 0.844 bits per heavy atom. The minimum atomic E-state index is -1.81. The molecule has 0 amide bonds. The second-order valence-electron chi connectivity index (χ2n) is 7.35. The summed E-state index contributed by atoms with van der Waals surface area (Å²) in [5, 5.41) is 80.9. The first-order valence-electron chi connectivity index (χ1n) is 9.68. The largest absolute Gasteiger partial charge is 0.455 e. The summed E-state index contributed by atoms with van der Waals surface area (Å²) < 4.78 is 21.4. The predicted octanol–water partition coefficient (Wildman–Crippen LogP) is -3.40. The number of hydrogen-bond donors (Lipinski definition) is 7. The normalized spacial score (nSPS) is 40.1. The lowest BCUT2D eigenvalue weighted by atomic mass is 9.97. The van der Waals surface area contributed by atoms with Crippen molar-refractivity contribution in [3.8, 4) is 5.75 Å². The quantitative estimate of drug-likeness (QED) is 0.155. The number of hydrogen-bond acceptors (Lipinski definition) is 13. The topological polar surface area (TPSA) is 222 Å². The van der Waals surface area contributed by atoms with Crippen LogP contribution in [0.5, 0.6) is 5.75 Å². The maximum Gasteiger partial charge on any atom is 0.311 e. The van der Waals surface area contributed by atoms with E-state index >= 15 is 0 Å². The van der Waals surface area contributed by atoms with Crippen molar-refractivity contribution in [1.29, 1.82) is 0 Å². The Kier molecular flexibility index (Phi) is 7.94. The molecule has 0 aromatic heterocycles. The van der Waals surface area contributed by atoms with Crippen LogP contribution in [0.4, 0.5) is 5.69 Å². The Morgan fingerprint density at radius 3 is 2.06 bits per heavy atom. The molecule has 2 saturated heterocycles. The van der Waals surface area contributed by atoms with Crippen LogP contribution in [-0.2, 0) is 14.2 Å². The van der Waals surface area contributed by atoms with Crippen molar-refractivity contribution >= 4 is 5.69 Å². The highest BCUT2D eigenvalue weighted by molar-refractivity contribution is 5.45. The van der Waals surface area contributed by atoms with Gasteiger partial charge < -0.3 is 54.7 Å². The third-order valence-electron chi connectivity index (χ3n) is 5.27. The van der Waals surface area contributed by atoms with E-state index in [1.807, 2.05) is 0 Å². The summed E-state index contributed by atoms with van der Waals surface area (Å²) >= 11 is 0. The molecule has 10 atom stereocenters. The molecule has 1 aromatic rings. The number of ether oxygens (including phenoxy) is 4. The maximum absolute atomic E-state index is 11.2. The van der Waals surface area contributed by atoms with E-state index in [1.165, 1.54) is 18.2 Å². The van der Waals surface area contributed by atoms with Crippen LogP contribution in [0, 0.1) is 10.1 Å². The number of para-hydroxylation sites is 2. The summed E-state index contributed by atoms with van der Waals surface area (Å²) in [6.45, 7) is -1.48. The Bertz CT molecular complexity index is 777. The fourth-order valence-electron chi connectivity index (χ4n) is 3.49. The Hall–Kier alpha value is -1.98. The van der Waals surface area contributed by atoms with Gasteiger partial charge in [0.1, 0.15) is 48.8 Å². The number of benzene rings is 1. The highest BCUT2D eigenvalue weighted by Gasteiger charge is 2.51. The molecule has 2 aliphatic rings. The van der Waals surface area contributed by atoms with Crippen molar-refractivity contribution in [2.24, 2.45) is 0 Å². The van der Waals surface area contributed by atoms with Crippen LogP contribution >= 0.6 is 0 Å². The Morgan fingerprint density at radius 2 is 1.44 bits per heavy atom. The number of nitro benzene ring substituents is 1. The molecular weight excluding hydrogens is 438 g/mol. The minimum absolute atomic E-state index is 0.251. The molecule has 1 aromatic carbocycles. The van der Waals surface area contributed by atoms with E-state index in [-0.39, 0.29) is 5.75 Å². The maximum atomic E-state index is 11.2. The van der Waals surface area contributed by atoms with Gasteiger partial charge in [0.15, 0.2) is 12.0 Å². The van der Waals surface area contributed by atoms with Crippen molar-refractivity contribution in [1.82, 2.24) is 0 Å². The second kappa shape index (κ2) is 10.3. The van der Waals surface area contributed by atoms with Gasteiger partial charge in [0, 0.05) is 6.07 Å². The summed E-state index contributed by atoms with van der Waals surface area (Å²) in [7, 11) is 0. The molecule has 2 fully saturated rings. The highest BCUT2D eigenvalue weighted by Crippen LogP contribution is 2.33. The summed E-state index contributed by atoms with van der Waals surface area (Å²) in [4.78, 5) is 10.4. The van der Waals surface area contributed by atoms with Crippen LogP contribution in [0.1, 0.15) is 0 Å². The first kappa shape index (κ1) is 24.7. The lowest BCUT2D eigenvalue weighted by Gasteiger charge is -2.45. The first-order valence-corrected chi connectivity index (χ1v) is 9.68. The van der Waals surface area contributed by atoms with Gasteiger partial charge in [-0.25, -0.2) is 0 Å². The summed E-state index contributed by atoms with van der Waals surface area (Å²) in [6.07, 6.45) is -16.2.